The minimum Gasteiger partial charge on any atom is -0.368 e. The van der Waals surface area contributed by atoms with E-state index in [-0.39, 0.29) is 17.6 Å². The third-order valence-corrected chi connectivity index (χ3v) is 7.24. The molecular formula is C27H28FN7O. The van der Waals surface area contributed by atoms with Crippen molar-refractivity contribution in [3.05, 3.63) is 72.5 Å². The number of anilines is 2. The molecule has 2 aromatic heterocycles. The molecule has 0 spiro atoms. The number of carbonyl (C=O) groups excluding carboxylic acids is 1. The molecule has 9 heteroatoms. The number of carbonyl (C=O) groups is 1. The molecule has 0 unspecified atom stereocenters. The van der Waals surface area contributed by atoms with Crippen LogP contribution in [0.15, 0.2) is 66.7 Å². The van der Waals surface area contributed by atoms with E-state index in [0.29, 0.717) is 17.0 Å². The second kappa shape index (κ2) is 9.56. The van der Waals surface area contributed by atoms with Gasteiger partial charge in [0.05, 0.1) is 5.56 Å². The van der Waals surface area contributed by atoms with Crippen LogP contribution in [-0.4, -0.2) is 69.9 Å². The molecule has 2 aliphatic heterocycles. The average Bonchev–Trinajstić information content (AvgIpc) is 3.37. The van der Waals surface area contributed by atoms with Crippen molar-refractivity contribution in [2.24, 2.45) is 5.92 Å². The van der Waals surface area contributed by atoms with E-state index in [2.05, 4.69) is 44.3 Å². The lowest BCUT2D eigenvalue weighted by Gasteiger charge is -2.39. The Labute approximate surface area is 209 Å². The zero-order valence-corrected chi connectivity index (χ0v) is 20.0. The van der Waals surface area contributed by atoms with E-state index in [0.717, 1.165) is 57.9 Å². The minimum atomic E-state index is -0.358. The summed E-state index contributed by atoms with van der Waals surface area (Å²) in [5.74, 6) is 1.11. The third kappa shape index (κ3) is 4.25. The monoisotopic (exact) mass is 485 g/mol. The number of nitrogens with zero attached hydrogens (tertiary/aromatic N) is 7. The van der Waals surface area contributed by atoms with Crippen molar-refractivity contribution in [3.63, 3.8) is 0 Å². The summed E-state index contributed by atoms with van der Waals surface area (Å²) in [6.07, 6.45) is 1.58. The Hall–Kier alpha value is -4.01. The van der Waals surface area contributed by atoms with E-state index < -0.39 is 0 Å². The number of hydrogen-bond donors (Lipinski definition) is 0. The molecule has 2 aromatic carbocycles. The Morgan fingerprint density at radius 3 is 2.25 bits per heavy atom. The fourth-order valence-electron chi connectivity index (χ4n) is 5.20. The summed E-state index contributed by atoms with van der Waals surface area (Å²) in [5.41, 5.74) is 2.15. The molecule has 2 aliphatic rings. The summed E-state index contributed by atoms with van der Waals surface area (Å²) in [6.45, 7) is 4.74. The maximum absolute atomic E-state index is 14.4. The number of para-hydroxylation sites is 1. The van der Waals surface area contributed by atoms with Crippen molar-refractivity contribution in [2.45, 2.75) is 12.8 Å². The lowest BCUT2D eigenvalue weighted by atomic mass is 9.95. The van der Waals surface area contributed by atoms with Gasteiger partial charge in [0.25, 0.3) is 0 Å². The van der Waals surface area contributed by atoms with Crippen LogP contribution in [0.4, 0.5) is 15.9 Å². The Bertz CT molecular complexity index is 1360. The van der Waals surface area contributed by atoms with Gasteiger partial charge in [-0.15, -0.1) is 15.3 Å². The molecule has 6 rings (SSSR count). The van der Waals surface area contributed by atoms with E-state index >= 15 is 0 Å². The molecule has 4 aromatic rings. The van der Waals surface area contributed by atoms with Crippen LogP contribution in [-0.2, 0) is 4.79 Å². The van der Waals surface area contributed by atoms with Crippen molar-refractivity contribution in [2.75, 3.05) is 49.1 Å². The van der Waals surface area contributed by atoms with Crippen LogP contribution < -0.4 is 9.80 Å². The predicted molar refractivity (Wildman–Crippen MR) is 136 cm³/mol. The van der Waals surface area contributed by atoms with Crippen LogP contribution in [0.5, 0.6) is 0 Å². The van der Waals surface area contributed by atoms with Crippen molar-refractivity contribution >= 4 is 23.1 Å². The summed E-state index contributed by atoms with van der Waals surface area (Å²) >= 11 is 0. The molecule has 4 heterocycles. The third-order valence-electron chi connectivity index (χ3n) is 7.24. The highest BCUT2D eigenvalue weighted by molar-refractivity contribution is 5.79. The first kappa shape index (κ1) is 22.5. The lowest BCUT2D eigenvalue weighted by Crippen LogP contribution is -2.51. The number of rotatable bonds is 4. The fourth-order valence-corrected chi connectivity index (χ4v) is 5.20. The van der Waals surface area contributed by atoms with Crippen LogP contribution >= 0.6 is 0 Å². The first-order chi connectivity index (χ1) is 17.7. The van der Waals surface area contributed by atoms with Gasteiger partial charge in [-0.25, -0.2) is 4.39 Å². The van der Waals surface area contributed by atoms with Crippen molar-refractivity contribution < 1.29 is 9.18 Å². The number of fused-ring (bicyclic) bond motifs is 1. The van der Waals surface area contributed by atoms with E-state index in [1.807, 2.05) is 23.1 Å². The maximum atomic E-state index is 14.4. The molecule has 0 N–H and O–H groups in total. The smallest absolute Gasteiger partial charge is 0.225 e. The first-order valence-electron chi connectivity index (χ1n) is 12.5. The largest absolute Gasteiger partial charge is 0.368 e. The molecule has 0 saturated carbocycles. The predicted octanol–water partition coefficient (Wildman–Crippen LogP) is 3.50. The molecule has 2 saturated heterocycles. The molecule has 8 nitrogen and oxygen atoms in total. The molecule has 2 fully saturated rings. The zero-order chi connectivity index (χ0) is 24.5. The SMILES string of the molecule is O=C(C1CCN(c2ccc3nnc(-c4ccccc4F)n3n2)CC1)N1CCN(c2ccccc2)CC1. The minimum absolute atomic E-state index is 0.0390. The molecule has 184 valence electrons. The normalized spacial score (nSPS) is 17.1. The van der Waals surface area contributed by atoms with Crippen LogP contribution in [0.1, 0.15) is 12.8 Å². The Morgan fingerprint density at radius 2 is 1.50 bits per heavy atom. The summed E-state index contributed by atoms with van der Waals surface area (Å²) in [4.78, 5) is 19.8. The van der Waals surface area contributed by atoms with Gasteiger partial charge >= 0.3 is 0 Å². The second-order valence-corrected chi connectivity index (χ2v) is 9.37. The first-order valence-corrected chi connectivity index (χ1v) is 12.5. The quantitative estimate of drug-likeness (QED) is 0.441. The van der Waals surface area contributed by atoms with Gasteiger partial charge in [-0.05, 0) is 49.2 Å². The molecule has 0 bridgehead atoms. The Morgan fingerprint density at radius 1 is 0.778 bits per heavy atom. The van der Waals surface area contributed by atoms with Crippen LogP contribution in [0, 0.1) is 11.7 Å². The molecule has 0 atom stereocenters. The summed E-state index contributed by atoms with van der Waals surface area (Å²) in [6, 6.07) is 20.6. The number of hydrogen-bond acceptors (Lipinski definition) is 6. The highest BCUT2D eigenvalue weighted by atomic mass is 19.1. The average molecular weight is 486 g/mol. The molecular weight excluding hydrogens is 457 g/mol. The van der Waals surface area contributed by atoms with Gasteiger partial charge in [0, 0.05) is 50.9 Å². The van der Waals surface area contributed by atoms with Gasteiger partial charge in [0.2, 0.25) is 5.91 Å². The topological polar surface area (TPSA) is 69.9 Å². The van der Waals surface area contributed by atoms with Crippen molar-refractivity contribution in [3.8, 4) is 11.4 Å². The van der Waals surface area contributed by atoms with Gasteiger partial charge in [-0.2, -0.15) is 4.52 Å². The standard InChI is InChI=1S/C27H28FN7O/c28-23-9-5-4-8-22(23)26-30-29-24-10-11-25(31-35(24)26)33-14-12-20(13-15-33)27(36)34-18-16-32(17-19-34)21-6-2-1-3-7-21/h1-11,20H,12-19H2. The number of amides is 1. The summed E-state index contributed by atoms with van der Waals surface area (Å²) in [7, 11) is 0. The molecule has 36 heavy (non-hydrogen) atoms. The second-order valence-electron chi connectivity index (χ2n) is 9.37. The van der Waals surface area contributed by atoms with Gasteiger partial charge in [0.1, 0.15) is 11.6 Å². The van der Waals surface area contributed by atoms with Crippen LogP contribution in [0.2, 0.25) is 0 Å². The summed E-state index contributed by atoms with van der Waals surface area (Å²) in [5, 5.41) is 13.0. The van der Waals surface area contributed by atoms with E-state index in [4.69, 9.17) is 5.10 Å². The molecule has 0 aliphatic carbocycles. The summed E-state index contributed by atoms with van der Waals surface area (Å²) < 4.78 is 16.0. The lowest BCUT2D eigenvalue weighted by molar-refractivity contribution is -0.136. The number of piperidine rings is 1. The number of piperazine rings is 1. The van der Waals surface area contributed by atoms with Gasteiger partial charge < -0.3 is 14.7 Å². The number of aromatic nitrogens is 4. The Balaban J connectivity index is 1.09. The van der Waals surface area contributed by atoms with E-state index in [1.54, 1.807) is 22.7 Å². The highest BCUT2D eigenvalue weighted by Crippen LogP contribution is 2.26. The molecule has 1 amide bonds. The fraction of sp³-hybridized carbons (Fsp3) is 0.333. The zero-order valence-electron chi connectivity index (χ0n) is 20.0. The van der Waals surface area contributed by atoms with Crippen molar-refractivity contribution in [1.29, 1.82) is 0 Å². The van der Waals surface area contributed by atoms with Crippen molar-refractivity contribution in [1.82, 2.24) is 24.7 Å². The molecule has 0 radical (unpaired) electrons. The van der Waals surface area contributed by atoms with Gasteiger partial charge in [-0.1, -0.05) is 30.3 Å². The van der Waals surface area contributed by atoms with Gasteiger partial charge in [0.15, 0.2) is 11.5 Å². The van der Waals surface area contributed by atoms with Crippen LogP contribution in [0.25, 0.3) is 17.0 Å². The number of benzene rings is 2. The number of halogens is 1. The maximum Gasteiger partial charge on any atom is 0.225 e. The van der Waals surface area contributed by atoms with E-state index in [1.165, 1.54) is 11.8 Å². The van der Waals surface area contributed by atoms with E-state index in [9.17, 15) is 9.18 Å². The highest BCUT2D eigenvalue weighted by Gasteiger charge is 2.31. The van der Waals surface area contributed by atoms with Gasteiger partial charge in [-0.3, -0.25) is 4.79 Å². The Kier molecular flexibility index (Phi) is 5.96. The van der Waals surface area contributed by atoms with Crippen LogP contribution in [0.3, 0.4) is 0 Å².